The fourth-order valence-electron chi connectivity index (χ4n) is 1.96. The number of nitrogens with one attached hydrogen (secondary N) is 1. The summed E-state index contributed by atoms with van der Waals surface area (Å²) < 4.78 is 29.8. The van der Waals surface area contributed by atoms with Crippen LogP contribution in [0.1, 0.15) is 25.7 Å². The van der Waals surface area contributed by atoms with Gasteiger partial charge in [0.25, 0.3) is 0 Å². The van der Waals surface area contributed by atoms with E-state index >= 15 is 0 Å². The van der Waals surface area contributed by atoms with Crippen molar-refractivity contribution < 1.29 is 13.2 Å². The monoisotopic (exact) mass is 205 g/mol. The SMILES string of the molecule is CS(=O)(=O)NC1CCC2(CC1)CO2. The Labute approximate surface area is 78.7 Å². The highest BCUT2D eigenvalue weighted by Crippen LogP contribution is 2.41. The molecular weight excluding hydrogens is 190 g/mol. The molecule has 0 aromatic heterocycles. The van der Waals surface area contributed by atoms with E-state index in [9.17, 15) is 8.42 Å². The summed E-state index contributed by atoms with van der Waals surface area (Å²) in [5.41, 5.74) is 0.148. The summed E-state index contributed by atoms with van der Waals surface area (Å²) in [7, 11) is -3.03. The van der Waals surface area contributed by atoms with E-state index in [0.29, 0.717) is 0 Å². The van der Waals surface area contributed by atoms with E-state index in [1.165, 1.54) is 6.26 Å². The van der Waals surface area contributed by atoms with Crippen molar-refractivity contribution in [3.05, 3.63) is 0 Å². The Bertz CT molecular complexity index is 285. The van der Waals surface area contributed by atoms with Crippen LogP contribution in [0.25, 0.3) is 0 Å². The van der Waals surface area contributed by atoms with E-state index in [-0.39, 0.29) is 11.6 Å². The average Bonchev–Trinajstić information content (AvgIpc) is 2.73. The van der Waals surface area contributed by atoms with Gasteiger partial charge in [-0.2, -0.15) is 0 Å². The Hall–Kier alpha value is -0.130. The Morgan fingerprint density at radius 1 is 1.38 bits per heavy atom. The summed E-state index contributed by atoms with van der Waals surface area (Å²) in [6.45, 7) is 0.874. The number of ether oxygens (including phenoxy) is 1. The van der Waals surface area contributed by atoms with Crippen LogP contribution < -0.4 is 4.72 Å². The molecule has 0 radical (unpaired) electrons. The molecule has 1 aliphatic carbocycles. The number of sulfonamides is 1. The highest BCUT2D eigenvalue weighted by Gasteiger charge is 2.47. The zero-order chi connectivity index (χ0) is 9.53. The number of rotatable bonds is 2. The van der Waals surface area contributed by atoms with Crippen LogP contribution in [0.15, 0.2) is 0 Å². The van der Waals surface area contributed by atoms with Gasteiger partial charge in [0.05, 0.1) is 18.5 Å². The van der Waals surface area contributed by atoms with E-state index in [1.54, 1.807) is 0 Å². The number of hydrogen-bond acceptors (Lipinski definition) is 3. The van der Waals surface area contributed by atoms with Gasteiger partial charge in [0.15, 0.2) is 0 Å². The third-order valence-electron chi connectivity index (χ3n) is 2.83. The number of hydrogen-bond donors (Lipinski definition) is 1. The maximum Gasteiger partial charge on any atom is 0.208 e. The molecule has 1 aliphatic heterocycles. The van der Waals surface area contributed by atoms with Gasteiger partial charge in [-0.25, -0.2) is 13.1 Å². The molecule has 4 nitrogen and oxygen atoms in total. The predicted molar refractivity (Wildman–Crippen MR) is 48.9 cm³/mol. The van der Waals surface area contributed by atoms with E-state index < -0.39 is 10.0 Å². The second-order valence-electron chi connectivity index (χ2n) is 4.14. The molecule has 0 aromatic rings. The molecule has 2 rings (SSSR count). The summed E-state index contributed by atoms with van der Waals surface area (Å²) in [6.07, 6.45) is 5.03. The topological polar surface area (TPSA) is 58.7 Å². The summed E-state index contributed by atoms with van der Waals surface area (Å²) in [4.78, 5) is 0. The quantitative estimate of drug-likeness (QED) is 0.657. The highest BCUT2D eigenvalue weighted by molar-refractivity contribution is 7.88. The lowest BCUT2D eigenvalue weighted by Gasteiger charge is -2.26. The van der Waals surface area contributed by atoms with Crippen LogP contribution in [0.5, 0.6) is 0 Å². The molecule has 1 saturated carbocycles. The largest absolute Gasteiger partial charge is 0.370 e. The van der Waals surface area contributed by atoms with Crippen molar-refractivity contribution in [2.45, 2.75) is 37.3 Å². The second-order valence-corrected chi connectivity index (χ2v) is 5.92. The molecular formula is C8H15NO3S. The molecule has 2 aliphatic rings. The molecule has 0 atom stereocenters. The first-order valence-electron chi connectivity index (χ1n) is 4.60. The van der Waals surface area contributed by atoms with Crippen molar-refractivity contribution in [1.29, 1.82) is 0 Å². The molecule has 0 bridgehead atoms. The van der Waals surface area contributed by atoms with Gasteiger partial charge in [-0.1, -0.05) is 0 Å². The minimum atomic E-state index is -3.03. The summed E-state index contributed by atoms with van der Waals surface area (Å²) >= 11 is 0. The molecule has 1 saturated heterocycles. The van der Waals surface area contributed by atoms with Crippen LogP contribution >= 0.6 is 0 Å². The second kappa shape index (κ2) is 2.93. The molecule has 0 amide bonds. The van der Waals surface area contributed by atoms with Crippen molar-refractivity contribution in [3.8, 4) is 0 Å². The Balaban J connectivity index is 1.84. The van der Waals surface area contributed by atoms with Crippen LogP contribution in [0.2, 0.25) is 0 Å². The standard InChI is InChI=1S/C8H15NO3S/c1-13(10,11)9-7-2-4-8(5-3-7)6-12-8/h7,9H,2-6H2,1H3. The van der Waals surface area contributed by atoms with Gasteiger partial charge in [0, 0.05) is 6.04 Å². The fourth-order valence-corrected chi connectivity index (χ4v) is 2.80. The Morgan fingerprint density at radius 2 is 1.92 bits per heavy atom. The third kappa shape index (κ3) is 2.42. The smallest absolute Gasteiger partial charge is 0.208 e. The molecule has 0 aromatic carbocycles. The first kappa shape index (κ1) is 9.43. The third-order valence-corrected chi connectivity index (χ3v) is 3.59. The highest BCUT2D eigenvalue weighted by atomic mass is 32.2. The fraction of sp³-hybridized carbons (Fsp3) is 1.00. The maximum atomic E-state index is 10.9. The molecule has 1 spiro atoms. The van der Waals surface area contributed by atoms with Gasteiger partial charge < -0.3 is 4.74 Å². The summed E-state index contributed by atoms with van der Waals surface area (Å²) in [5.74, 6) is 0. The van der Waals surface area contributed by atoms with Crippen molar-refractivity contribution in [2.75, 3.05) is 12.9 Å². The van der Waals surface area contributed by atoms with Gasteiger partial charge >= 0.3 is 0 Å². The van der Waals surface area contributed by atoms with Crippen molar-refractivity contribution in [1.82, 2.24) is 4.72 Å². The van der Waals surface area contributed by atoms with Crippen LogP contribution in [0, 0.1) is 0 Å². The zero-order valence-electron chi connectivity index (χ0n) is 7.75. The predicted octanol–water partition coefficient (Wildman–Crippen LogP) is 0.247. The summed E-state index contributed by atoms with van der Waals surface area (Å²) in [6, 6.07) is 0.129. The van der Waals surface area contributed by atoms with Gasteiger partial charge in [-0.05, 0) is 25.7 Å². The van der Waals surface area contributed by atoms with Crippen molar-refractivity contribution in [2.24, 2.45) is 0 Å². The molecule has 1 heterocycles. The van der Waals surface area contributed by atoms with Crippen LogP contribution in [-0.4, -0.2) is 32.9 Å². The van der Waals surface area contributed by atoms with Crippen LogP contribution in [-0.2, 0) is 14.8 Å². The van der Waals surface area contributed by atoms with Gasteiger partial charge in [0.2, 0.25) is 10.0 Å². The van der Waals surface area contributed by atoms with E-state index in [0.717, 1.165) is 32.3 Å². The average molecular weight is 205 g/mol. The lowest BCUT2D eigenvalue weighted by atomic mass is 9.87. The molecule has 5 heteroatoms. The first-order valence-corrected chi connectivity index (χ1v) is 6.50. The lowest BCUT2D eigenvalue weighted by Crippen LogP contribution is -2.38. The normalized spacial score (nSPS) is 39.3. The maximum absolute atomic E-state index is 10.9. The van der Waals surface area contributed by atoms with Crippen LogP contribution in [0.4, 0.5) is 0 Å². The Kier molecular flexibility index (Phi) is 2.13. The van der Waals surface area contributed by atoms with E-state index in [1.807, 2.05) is 0 Å². The zero-order valence-corrected chi connectivity index (χ0v) is 8.56. The first-order chi connectivity index (χ1) is 5.99. The number of epoxide rings is 1. The van der Waals surface area contributed by atoms with Gasteiger partial charge in [0.1, 0.15) is 0 Å². The molecule has 13 heavy (non-hydrogen) atoms. The molecule has 2 fully saturated rings. The van der Waals surface area contributed by atoms with Crippen LogP contribution in [0.3, 0.4) is 0 Å². The lowest BCUT2D eigenvalue weighted by molar-refractivity contribution is 0.219. The van der Waals surface area contributed by atoms with Gasteiger partial charge in [-0.15, -0.1) is 0 Å². The minimum absolute atomic E-state index is 0.129. The van der Waals surface area contributed by atoms with E-state index in [4.69, 9.17) is 4.74 Å². The van der Waals surface area contributed by atoms with E-state index in [2.05, 4.69) is 4.72 Å². The van der Waals surface area contributed by atoms with Gasteiger partial charge in [-0.3, -0.25) is 0 Å². The summed E-state index contributed by atoms with van der Waals surface area (Å²) in [5, 5.41) is 0. The van der Waals surface area contributed by atoms with Crippen molar-refractivity contribution in [3.63, 3.8) is 0 Å². The van der Waals surface area contributed by atoms with Crippen molar-refractivity contribution >= 4 is 10.0 Å². The molecule has 0 unspecified atom stereocenters. The Morgan fingerprint density at radius 3 is 2.31 bits per heavy atom. The molecule has 1 N–H and O–H groups in total. The molecule has 76 valence electrons. The minimum Gasteiger partial charge on any atom is -0.370 e.